The van der Waals surface area contributed by atoms with Gasteiger partial charge >= 0.3 is 5.97 Å². The Morgan fingerprint density at radius 2 is 2.07 bits per heavy atom. The van der Waals surface area contributed by atoms with Crippen molar-refractivity contribution in [2.45, 2.75) is 38.9 Å². The van der Waals surface area contributed by atoms with Gasteiger partial charge in [-0.3, -0.25) is 0 Å². The van der Waals surface area contributed by atoms with Crippen LogP contribution in [0.4, 0.5) is 4.39 Å². The van der Waals surface area contributed by atoms with Crippen molar-refractivity contribution in [3.8, 4) is 6.07 Å². The van der Waals surface area contributed by atoms with Gasteiger partial charge in [-0.15, -0.1) is 0 Å². The second kappa shape index (κ2) is 10.9. The van der Waals surface area contributed by atoms with Gasteiger partial charge in [0.25, 0.3) is 0 Å². The molecule has 1 fully saturated rings. The van der Waals surface area contributed by atoms with Crippen LogP contribution in [0, 0.1) is 17.1 Å². The van der Waals surface area contributed by atoms with Crippen LogP contribution in [0.15, 0.2) is 42.5 Å². The Balaban J connectivity index is 1.46. The molecule has 5 nitrogen and oxygen atoms in total. The molecule has 0 aliphatic carbocycles. The molecule has 0 saturated carbocycles. The van der Waals surface area contributed by atoms with E-state index in [0.717, 1.165) is 38.9 Å². The van der Waals surface area contributed by atoms with Gasteiger partial charge in [-0.2, -0.15) is 5.26 Å². The maximum Gasteiger partial charge on any atom is 0.338 e. The van der Waals surface area contributed by atoms with Gasteiger partial charge in [0.05, 0.1) is 36.5 Å². The van der Waals surface area contributed by atoms with E-state index in [0.29, 0.717) is 23.3 Å². The standard InChI is InChI=1S/C24H27FN2O3/c1-2-29-24(28)20-8-5-18(6-9-20)11-13-27-12-3-4-22(16-27)30-17-21-10-7-19(15-26)14-23(21)25/h5-10,14,22H,2-4,11-13,16-17H2,1H3. The number of carbonyl (C=O) groups excluding carboxylic acids is 1. The van der Waals surface area contributed by atoms with Gasteiger partial charge in [0.2, 0.25) is 0 Å². The van der Waals surface area contributed by atoms with Crippen LogP contribution in [-0.2, 0) is 22.5 Å². The maximum atomic E-state index is 14.0. The van der Waals surface area contributed by atoms with Crippen LogP contribution in [0.3, 0.4) is 0 Å². The topological polar surface area (TPSA) is 62.6 Å². The lowest BCUT2D eigenvalue weighted by molar-refractivity contribution is -0.0106. The van der Waals surface area contributed by atoms with Crippen LogP contribution in [0.5, 0.6) is 0 Å². The van der Waals surface area contributed by atoms with Crippen molar-refractivity contribution in [3.63, 3.8) is 0 Å². The molecule has 0 aromatic heterocycles. The number of rotatable bonds is 8. The fraction of sp³-hybridized carbons (Fsp3) is 0.417. The molecule has 3 rings (SSSR count). The zero-order valence-electron chi connectivity index (χ0n) is 17.3. The number of nitrogens with zero attached hydrogens (tertiary/aromatic N) is 2. The summed E-state index contributed by atoms with van der Waals surface area (Å²) in [5.74, 6) is -0.688. The molecule has 2 aromatic rings. The molecule has 1 unspecified atom stereocenters. The third kappa shape index (κ3) is 6.12. The summed E-state index contributed by atoms with van der Waals surface area (Å²) in [4.78, 5) is 14.1. The van der Waals surface area contributed by atoms with Gasteiger partial charge in [0.1, 0.15) is 5.82 Å². The van der Waals surface area contributed by atoms with E-state index in [1.807, 2.05) is 30.3 Å². The second-order valence-electron chi connectivity index (χ2n) is 7.46. The lowest BCUT2D eigenvalue weighted by Crippen LogP contribution is -2.40. The van der Waals surface area contributed by atoms with Crippen molar-refractivity contribution in [1.29, 1.82) is 5.26 Å². The molecule has 6 heteroatoms. The first-order valence-corrected chi connectivity index (χ1v) is 10.4. The Hall–Kier alpha value is -2.75. The SMILES string of the molecule is CCOC(=O)c1ccc(CCN2CCCC(OCc3ccc(C#N)cc3F)C2)cc1. The van der Waals surface area contributed by atoms with Crippen molar-refractivity contribution in [1.82, 2.24) is 4.90 Å². The molecule has 0 N–H and O–H groups in total. The van der Waals surface area contributed by atoms with Crippen molar-refractivity contribution in [2.75, 3.05) is 26.2 Å². The van der Waals surface area contributed by atoms with E-state index in [4.69, 9.17) is 14.7 Å². The minimum absolute atomic E-state index is 0.0694. The van der Waals surface area contributed by atoms with Crippen LogP contribution in [0.2, 0.25) is 0 Å². The molecule has 0 spiro atoms. The van der Waals surface area contributed by atoms with Crippen molar-refractivity contribution < 1.29 is 18.7 Å². The molecule has 0 amide bonds. The van der Waals surface area contributed by atoms with E-state index < -0.39 is 5.82 Å². The number of carbonyl (C=O) groups is 1. The maximum absolute atomic E-state index is 14.0. The Kier molecular flexibility index (Phi) is 7.95. The number of ether oxygens (including phenoxy) is 2. The summed E-state index contributed by atoms with van der Waals surface area (Å²) in [6, 6.07) is 14.0. The van der Waals surface area contributed by atoms with Crippen LogP contribution in [0.25, 0.3) is 0 Å². The highest BCUT2D eigenvalue weighted by atomic mass is 19.1. The fourth-order valence-electron chi connectivity index (χ4n) is 3.60. The molecule has 0 bridgehead atoms. The summed E-state index contributed by atoms with van der Waals surface area (Å²) in [6.45, 7) is 5.12. The van der Waals surface area contributed by atoms with Gasteiger partial charge < -0.3 is 14.4 Å². The minimum atomic E-state index is -0.395. The van der Waals surface area contributed by atoms with Crippen LogP contribution >= 0.6 is 0 Å². The van der Waals surface area contributed by atoms with E-state index >= 15 is 0 Å². The lowest BCUT2D eigenvalue weighted by atomic mass is 10.1. The fourth-order valence-corrected chi connectivity index (χ4v) is 3.60. The van der Waals surface area contributed by atoms with Gasteiger partial charge in [-0.25, -0.2) is 9.18 Å². The monoisotopic (exact) mass is 410 g/mol. The first kappa shape index (κ1) is 21.9. The molecule has 1 saturated heterocycles. The van der Waals surface area contributed by atoms with E-state index in [1.54, 1.807) is 19.1 Å². The number of nitriles is 1. The number of hydrogen-bond donors (Lipinski definition) is 0. The average molecular weight is 410 g/mol. The summed E-state index contributed by atoms with van der Waals surface area (Å²) in [6.07, 6.45) is 2.96. The van der Waals surface area contributed by atoms with Crippen molar-refractivity contribution in [2.24, 2.45) is 0 Å². The number of hydrogen-bond acceptors (Lipinski definition) is 5. The highest BCUT2D eigenvalue weighted by Gasteiger charge is 2.20. The molecule has 1 atom stereocenters. The number of halogens is 1. The summed E-state index contributed by atoms with van der Waals surface area (Å²) in [7, 11) is 0. The normalized spacial score (nSPS) is 16.8. The van der Waals surface area contributed by atoms with Gasteiger partial charge in [-0.05, 0) is 62.6 Å². The highest BCUT2D eigenvalue weighted by Crippen LogP contribution is 2.18. The molecule has 1 heterocycles. The van der Waals surface area contributed by atoms with E-state index in [1.165, 1.54) is 11.6 Å². The number of benzene rings is 2. The molecule has 158 valence electrons. The molecule has 1 aliphatic heterocycles. The minimum Gasteiger partial charge on any atom is -0.462 e. The van der Waals surface area contributed by atoms with Gasteiger partial charge in [0, 0.05) is 18.7 Å². The summed E-state index contributed by atoms with van der Waals surface area (Å²) in [5, 5.41) is 8.83. The molecule has 30 heavy (non-hydrogen) atoms. The smallest absolute Gasteiger partial charge is 0.338 e. The molecule has 0 radical (unpaired) electrons. The number of likely N-dealkylation sites (tertiary alicyclic amines) is 1. The second-order valence-corrected chi connectivity index (χ2v) is 7.46. The Labute approximate surface area is 177 Å². The quantitative estimate of drug-likeness (QED) is 0.613. The first-order valence-electron chi connectivity index (χ1n) is 10.4. The third-order valence-electron chi connectivity index (χ3n) is 5.30. The van der Waals surface area contributed by atoms with E-state index in [2.05, 4.69) is 4.90 Å². The predicted molar refractivity (Wildman–Crippen MR) is 111 cm³/mol. The predicted octanol–water partition coefficient (Wildman–Crippen LogP) is 4.10. The highest BCUT2D eigenvalue weighted by molar-refractivity contribution is 5.89. The van der Waals surface area contributed by atoms with Gasteiger partial charge in [-0.1, -0.05) is 18.2 Å². The molecular formula is C24H27FN2O3. The van der Waals surface area contributed by atoms with Crippen molar-refractivity contribution >= 4 is 5.97 Å². The van der Waals surface area contributed by atoms with Crippen LogP contribution in [0.1, 0.15) is 46.8 Å². The van der Waals surface area contributed by atoms with E-state index in [-0.39, 0.29) is 18.7 Å². The largest absolute Gasteiger partial charge is 0.462 e. The molecule has 1 aliphatic rings. The summed E-state index contributed by atoms with van der Waals surface area (Å²) < 4.78 is 25.0. The summed E-state index contributed by atoms with van der Waals surface area (Å²) in [5.41, 5.74) is 2.54. The zero-order valence-corrected chi connectivity index (χ0v) is 17.3. The van der Waals surface area contributed by atoms with Crippen molar-refractivity contribution in [3.05, 3.63) is 70.5 Å². The van der Waals surface area contributed by atoms with Crippen LogP contribution in [-0.4, -0.2) is 43.2 Å². The Morgan fingerprint density at radius 1 is 1.27 bits per heavy atom. The lowest BCUT2D eigenvalue weighted by Gasteiger charge is -2.32. The Morgan fingerprint density at radius 3 is 2.77 bits per heavy atom. The zero-order chi connectivity index (χ0) is 21.3. The van der Waals surface area contributed by atoms with E-state index in [9.17, 15) is 9.18 Å². The molecule has 2 aromatic carbocycles. The Bertz CT molecular complexity index is 892. The van der Waals surface area contributed by atoms with Gasteiger partial charge in [0.15, 0.2) is 0 Å². The number of piperidine rings is 1. The third-order valence-corrected chi connectivity index (χ3v) is 5.30. The van der Waals surface area contributed by atoms with Crippen LogP contribution < -0.4 is 0 Å². The molecular weight excluding hydrogens is 383 g/mol. The number of esters is 1. The first-order chi connectivity index (χ1) is 14.6. The average Bonchev–Trinajstić information content (AvgIpc) is 2.77. The summed E-state index contributed by atoms with van der Waals surface area (Å²) >= 11 is 0.